The van der Waals surface area contributed by atoms with Crippen LogP contribution < -0.4 is 5.56 Å². The average Bonchev–Trinajstić information content (AvgIpc) is 3.48. The van der Waals surface area contributed by atoms with Crippen LogP contribution in [0.2, 0.25) is 5.02 Å². The van der Waals surface area contributed by atoms with Gasteiger partial charge in [0.2, 0.25) is 5.95 Å². The normalized spacial score (nSPS) is 15.3. The van der Waals surface area contributed by atoms with Crippen molar-refractivity contribution in [2.24, 2.45) is 7.05 Å². The van der Waals surface area contributed by atoms with Crippen molar-refractivity contribution in [1.29, 1.82) is 0 Å². The lowest BCUT2D eigenvalue weighted by Crippen LogP contribution is -2.46. The number of nitrogens with zero attached hydrogens (tertiary/aromatic N) is 7. The molecule has 0 radical (unpaired) electrons. The molecule has 2 aromatic carbocycles. The Morgan fingerprint density at radius 3 is 2.56 bits per heavy atom. The summed E-state index contributed by atoms with van der Waals surface area (Å²) in [6, 6.07) is 8.15. The van der Waals surface area contributed by atoms with Gasteiger partial charge in [-0.3, -0.25) is 9.59 Å². The van der Waals surface area contributed by atoms with Crippen LogP contribution in [-0.2, 0) is 26.2 Å². The third-order valence-corrected chi connectivity index (χ3v) is 8.56. The van der Waals surface area contributed by atoms with E-state index >= 15 is 0 Å². The number of hydrogen-bond acceptors (Lipinski definition) is 5. The van der Waals surface area contributed by atoms with Gasteiger partial charge in [0.05, 0.1) is 51.6 Å². The molecule has 9 nitrogen and oxygen atoms in total. The zero-order valence-electron chi connectivity index (χ0n) is 23.4. The third kappa shape index (κ3) is 4.93. The number of carbonyl (C=O) groups excluding carboxylic acids is 1. The van der Waals surface area contributed by atoms with E-state index in [1.54, 1.807) is 34.6 Å². The molecule has 1 unspecified atom stereocenters. The molecule has 0 bridgehead atoms. The Morgan fingerprint density at radius 2 is 1.88 bits per heavy atom. The van der Waals surface area contributed by atoms with Crippen molar-refractivity contribution in [3.63, 3.8) is 0 Å². The summed E-state index contributed by atoms with van der Waals surface area (Å²) in [5.41, 5.74) is 2.48. The highest BCUT2D eigenvalue weighted by Crippen LogP contribution is 2.36. The lowest BCUT2D eigenvalue weighted by atomic mass is 9.98. The number of benzene rings is 2. The van der Waals surface area contributed by atoms with Crippen LogP contribution in [0.4, 0.5) is 13.2 Å². The fraction of sp³-hybridized carbons (Fsp3) is 0.276. The predicted molar refractivity (Wildman–Crippen MR) is 158 cm³/mol. The van der Waals surface area contributed by atoms with E-state index in [4.69, 9.17) is 16.6 Å². The van der Waals surface area contributed by atoms with Crippen molar-refractivity contribution >= 4 is 44.5 Å². The second-order valence-corrected chi connectivity index (χ2v) is 11.9. The second kappa shape index (κ2) is 10.3. The molecule has 0 N–H and O–H groups in total. The maximum atomic E-state index is 14.2. The van der Waals surface area contributed by atoms with Crippen LogP contribution in [0.5, 0.6) is 0 Å². The standard InChI is InChI=1S/C29H24BrClF3N7O2/c1-14-7-16(3)41(37-14)28-36-24-12-39(26(42)17-5-6-21(30)20(9-17)29(32,33)34)15(2)8-19(24)27(43)40(28)18-10-22(31)25-23(11-18)35-13-38(25)4/h5-7,9-11,13,15H,8,12H2,1-4H3. The highest BCUT2D eigenvalue weighted by Gasteiger charge is 2.36. The van der Waals surface area contributed by atoms with Crippen LogP contribution in [-0.4, -0.2) is 45.7 Å². The highest BCUT2D eigenvalue weighted by molar-refractivity contribution is 9.10. The van der Waals surface area contributed by atoms with Gasteiger partial charge in [-0.05, 0) is 63.6 Å². The largest absolute Gasteiger partial charge is 0.417 e. The van der Waals surface area contributed by atoms with E-state index in [9.17, 15) is 22.8 Å². The van der Waals surface area contributed by atoms with Gasteiger partial charge in [-0.2, -0.15) is 18.3 Å². The van der Waals surface area contributed by atoms with E-state index in [-0.39, 0.29) is 34.5 Å². The number of aryl methyl sites for hydroxylation is 3. The average molecular weight is 675 g/mol. The van der Waals surface area contributed by atoms with Crippen molar-refractivity contribution in [3.05, 3.63) is 96.3 Å². The number of alkyl halides is 3. The maximum absolute atomic E-state index is 14.2. The number of hydrogen-bond donors (Lipinski definition) is 0. The Kier molecular flexibility index (Phi) is 7.00. The van der Waals surface area contributed by atoms with Gasteiger partial charge >= 0.3 is 6.18 Å². The van der Waals surface area contributed by atoms with Crippen LogP contribution in [0.3, 0.4) is 0 Å². The Morgan fingerprint density at radius 1 is 1.14 bits per heavy atom. The van der Waals surface area contributed by atoms with Crippen molar-refractivity contribution in [2.45, 2.75) is 46.0 Å². The van der Waals surface area contributed by atoms with Crippen LogP contribution in [0, 0.1) is 13.8 Å². The molecule has 1 aliphatic heterocycles. The summed E-state index contributed by atoms with van der Waals surface area (Å²) >= 11 is 9.56. The molecule has 1 aliphatic rings. The Labute approximate surface area is 256 Å². The minimum atomic E-state index is -4.64. The summed E-state index contributed by atoms with van der Waals surface area (Å²) in [5.74, 6) is -0.409. The van der Waals surface area contributed by atoms with Crippen molar-refractivity contribution in [2.75, 3.05) is 0 Å². The molecule has 0 saturated carbocycles. The molecule has 0 saturated heterocycles. The topological polar surface area (TPSA) is 90.8 Å². The van der Waals surface area contributed by atoms with Crippen LogP contribution in [0.1, 0.15) is 45.5 Å². The molecular weight excluding hydrogens is 651 g/mol. The minimum absolute atomic E-state index is 0.0742. The van der Waals surface area contributed by atoms with Gasteiger partial charge < -0.3 is 9.47 Å². The van der Waals surface area contributed by atoms with E-state index in [0.717, 1.165) is 11.8 Å². The summed E-state index contributed by atoms with van der Waals surface area (Å²) in [6.45, 7) is 5.32. The molecule has 14 heteroatoms. The molecule has 1 atom stereocenters. The summed E-state index contributed by atoms with van der Waals surface area (Å²) in [7, 11) is 1.82. The molecule has 43 heavy (non-hydrogen) atoms. The van der Waals surface area contributed by atoms with E-state index in [0.29, 0.717) is 38.7 Å². The zero-order chi connectivity index (χ0) is 31.0. The van der Waals surface area contributed by atoms with E-state index in [1.165, 1.54) is 21.6 Å². The van der Waals surface area contributed by atoms with Gasteiger partial charge in [-0.15, -0.1) is 0 Å². The first kappa shape index (κ1) is 29.1. The SMILES string of the molecule is Cc1cc(C)n(-c2nc3c(c(=O)n2-c2cc(Cl)c4c(c2)ncn4C)CC(C)N(C(=O)c2ccc(Br)c(C(F)(F)F)c2)C3)n1. The first-order chi connectivity index (χ1) is 20.2. The molecule has 0 spiro atoms. The fourth-order valence-electron chi connectivity index (χ4n) is 5.52. The Balaban J connectivity index is 1.50. The summed E-state index contributed by atoms with van der Waals surface area (Å²) in [6.07, 6.45) is -2.86. The number of imidazole rings is 1. The van der Waals surface area contributed by atoms with Crippen LogP contribution >= 0.6 is 27.5 Å². The number of fused-ring (bicyclic) bond motifs is 2. The van der Waals surface area contributed by atoms with Crippen LogP contribution in [0.15, 0.2) is 52.0 Å². The number of aromatic nitrogens is 6. The molecule has 222 valence electrons. The van der Waals surface area contributed by atoms with E-state index in [1.807, 2.05) is 27.0 Å². The number of carbonyl (C=O) groups is 1. The maximum Gasteiger partial charge on any atom is 0.417 e. The van der Waals surface area contributed by atoms with Crippen LogP contribution in [0.25, 0.3) is 22.7 Å². The van der Waals surface area contributed by atoms with Gasteiger partial charge in [-0.1, -0.05) is 27.5 Å². The number of halogens is 5. The molecule has 4 heterocycles. The summed E-state index contributed by atoms with van der Waals surface area (Å²) < 4.78 is 45.3. The van der Waals surface area contributed by atoms with E-state index < -0.39 is 23.7 Å². The van der Waals surface area contributed by atoms with Gasteiger partial charge in [-0.25, -0.2) is 19.2 Å². The highest BCUT2D eigenvalue weighted by atomic mass is 79.9. The second-order valence-electron chi connectivity index (χ2n) is 10.6. The number of rotatable bonds is 3. The van der Waals surface area contributed by atoms with Gasteiger partial charge in [0, 0.05) is 34.4 Å². The lowest BCUT2D eigenvalue weighted by Gasteiger charge is -2.34. The van der Waals surface area contributed by atoms with Crippen molar-refractivity contribution in [3.8, 4) is 11.6 Å². The first-order valence-electron chi connectivity index (χ1n) is 13.2. The number of amides is 1. The molecule has 6 rings (SSSR count). The Bertz CT molecular complexity index is 2010. The first-order valence-corrected chi connectivity index (χ1v) is 14.4. The van der Waals surface area contributed by atoms with Gasteiger partial charge in [0.15, 0.2) is 0 Å². The summed E-state index contributed by atoms with van der Waals surface area (Å²) in [5, 5.41) is 4.95. The molecular formula is C29H24BrClF3N7O2. The monoisotopic (exact) mass is 673 g/mol. The quantitative estimate of drug-likeness (QED) is 0.236. The van der Waals surface area contributed by atoms with Crippen molar-refractivity contribution < 1.29 is 18.0 Å². The molecule has 0 aliphatic carbocycles. The van der Waals surface area contributed by atoms with E-state index in [2.05, 4.69) is 26.0 Å². The lowest BCUT2D eigenvalue weighted by molar-refractivity contribution is -0.138. The predicted octanol–water partition coefficient (Wildman–Crippen LogP) is 5.94. The van der Waals surface area contributed by atoms with Gasteiger partial charge in [0.1, 0.15) is 0 Å². The molecule has 1 amide bonds. The molecule has 5 aromatic rings. The smallest absolute Gasteiger partial charge is 0.333 e. The van der Waals surface area contributed by atoms with Crippen molar-refractivity contribution in [1.82, 2.24) is 33.8 Å². The Hall–Kier alpha value is -3.97. The third-order valence-electron chi connectivity index (χ3n) is 7.58. The fourth-order valence-corrected chi connectivity index (χ4v) is 6.33. The minimum Gasteiger partial charge on any atom is -0.333 e. The zero-order valence-corrected chi connectivity index (χ0v) is 25.7. The summed E-state index contributed by atoms with van der Waals surface area (Å²) in [4.78, 5) is 38.5. The molecule has 3 aromatic heterocycles. The van der Waals surface area contributed by atoms with Gasteiger partial charge in [0.25, 0.3) is 11.5 Å². The molecule has 0 fully saturated rings.